The summed E-state index contributed by atoms with van der Waals surface area (Å²) in [6.45, 7) is 5.97. The molecule has 0 aliphatic carbocycles. The van der Waals surface area contributed by atoms with Crippen LogP contribution in [0.15, 0.2) is 40.9 Å². The Morgan fingerprint density at radius 2 is 2.16 bits per heavy atom. The third kappa shape index (κ3) is 3.60. The fraction of sp³-hybridized carbons (Fsp3) is 0.474. The Kier molecular flexibility index (Phi) is 4.55. The van der Waals surface area contributed by atoms with Crippen molar-refractivity contribution in [3.8, 4) is 0 Å². The van der Waals surface area contributed by atoms with Crippen LogP contribution in [0.4, 0.5) is 0 Å². The summed E-state index contributed by atoms with van der Waals surface area (Å²) in [5.41, 5.74) is 1.67. The number of ether oxygens (including phenoxy) is 1. The third-order valence-corrected chi connectivity index (χ3v) is 5.14. The number of fused-ring (bicyclic) bond motifs is 1. The first-order chi connectivity index (χ1) is 12.2. The predicted molar refractivity (Wildman–Crippen MR) is 92.0 cm³/mol. The minimum Gasteiger partial charge on any atom is -0.376 e. The van der Waals surface area contributed by atoms with Crippen LogP contribution in [-0.4, -0.2) is 48.3 Å². The molecule has 6 heteroatoms. The first-order valence-corrected chi connectivity index (χ1v) is 8.78. The summed E-state index contributed by atoms with van der Waals surface area (Å²) >= 11 is 0. The Hall–Kier alpha value is -2.18. The van der Waals surface area contributed by atoms with E-state index in [4.69, 9.17) is 9.26 Å². The minimum atomic E-state index is -0.0167. The molecular weight excluding hydrogens is 318 g/mol. The average molecular weight is 341 g/mol. The normalized spacial score (nSPS) is 25.9. The monoisotopic (exact) mass is 341 g/mol. The number of hydrogen-bond donors (Lipinski definition) is 1. The highest BCUT2D eigenvalue weighted by Gasteiger charge is 2.43. The largest absolute Gasteiger partial charge is 0.376 e. The summed E-state index contributed by atoms with van der Waals surface area (Å²) in [6, 6.07) is 11.3. The summed E-state index contributed by atoms with van der Waals surface area (Å²) in [7, 11) is 0. The van der Waals surface area contributed by atoms with Gasteiger partial charge in [0.05, 0.1) is 18.4 Å². The summed E-state index contributed by atoms with van der Waals surface area (Å²) in [6.07, 6.45) is 0.256. The Morgan fingerprint density at radius 1 is 1.32 bits per heavy atom. The fourth-order valence-corrected chi connectivity index (χ4v) is 3.86. The number of aryl methyl sites for hydroxylation is 1. The molecule has 0 saturated carbocycles. The van der Waals surface area contributed by atoms with Crippen molar-refractivity contribution in [2.24, 2.45) is 11.8 Å². The van der Waals surface area contributed by atoms with Gasteiger partial charge in [0.25, 0.3) is 5.91 Å². The van der Waals surface area contributed by atoms with E-state index in [1.54, 1.807) is 0 Å². The van der Waals surface area contributed by atoms with Crippen LogP contribution in [0.25, 0.3) is 0 Å². The van der Waals surface area contributed by atoms with Crippen molar-refractivity contribution in [3.05, 3.63) is 53.4 Å². The number of nitrogens with one attached hydrogen (secondary N) is 1. The minimum absolute atomic E-state index is 0.0167. The van der Waals surface area contributed by atoms with Crippen LogP contribution < -0.4 is 5.32 Å². The van der Waals surface area contributed by atoms with Gasteiger partial charge in [0.1, 0.15) is 5.76 Å². The molecule has 0 spiro atoms. The van der Waals surface area contributed by atoms with Crippen molar-refractivity contribution >= 4 is 5.91 Å². The Balaban J connectivity index is 1.30. The molecule has 3 atom stereocenters. The molecule has 6 nitrogen and oxygen atoms in total. The lowest BCUT2D eigenvalue weighted by Crippen LogP contribution is -2.34. The van der Waals surface area contributed by atoms with E-state index in [-0.39, 0.29) is 12.0 Å². The molecule has 1 aromatic heterocycles. The van der Waals surface area contributed by atoms with Crippen LogP contribution in [0.2, 0.25) is 0 Å². The van der Waals surface area contributed by atoms with Gasteiger partial charge in [-0.1, -0.05) is 23.4 Å². The van der Waals surface area contributed by atoms with Crippen molar-refractivity contribution < 1.29 is 14.1 Å². The maximum atomic E-state index is 12.2. The van der Waals surface area contributed by atoms with Crippen molar-refractivity contribution in [2.45, 2.75) is 19.6 Å². The third-order valence-electron chi connectivity index (χ3n) is 5.14. The highest BCUT2D eigenvalue weighted by molar-refractivity contribution is 5.94. The number of nitrogens with zero attached hydrogens (tertiary/aromatic N) is 2. The zero-order valence-electron chi connectivity index (χ0n) is 14.4. The molecule has 0 radical (unpaired) electrons. The van der Waals surface area contributed by atoms with Crippen LogP contribution in [0, 0.1) is 18.8 Å². The van der Waals surface area contributed by atoms with Crippen molar-refractivity contribution in [3.63, 3.8) is 0 Å². The van der Waals surface area contributed by atoms with Gasteiger partial charge in [0, 0.05) is 49.6 Å². The summed E-state index contributed by atoms with van der Waals surface area (Å²) in [4.78, 5) is 14.6. The summed E-state index contributed by atoms with van der Waals surface area (Å²) in [5.74, 6) is 1.65. The van der Waals surface area contributed by atoms with Crippen LogP contribution in [0.3, 0.4) is 0 Å². The molecule has 2 fully saturated rings. The summed E-state index contributed by atoms with van der Waals surface area (Å²) < 4.78 is 11.1. The van der Waals surface area contributed by atoms with Gasteiger partial charge in [-0.15, -0.1) is 0 Å². The van der Waals surface area contributed by atoms with E-state index in [1.807, 2.05) is 43.3 Å². The SMILES string of the molecule is Cc1cc(CN2C[C@H]3[C@@H](CNC(=O)c4ccccc4)CO[C@H]3C2)no1. The second kappa shape index (κ2) is 6.98. The fourth-order valence-electron chi connectivity index (χ4n) is 3.86. The topological polar surface area (TPSA) is 67.6 Å². The Labute approximate surface area is 147 Å². The van der Waals surface area contributed by atoms with Gasteiger partial charge in [0.15, 0.2) is 0 Å². The molecule has 132 valence electrons. The Morgan fingerprint density at radius 3 is 2.92 bits per heavy atom. The number of carbonyl (C=O) groups excluding carboxylic acids is 1. The molecule has 2 aliphatic rings. The first-order valence-electron chi connectivity index (χ1n) is 8.78. The maximum absolute atomic E-state index is 12.2. The van der Waals surface area contributed by atoms with Crippen molar-refractivity contribution in [1.29, 1.82) is 0 Å². The van der Waals surface area contributed by atoms with Crippen LogP contribution in [0.1, 0.15) is 21.8 Å². The first kappa shape index (κ1) is 16.3. The number of hydrogen-bond acceptors (Lipinski definition) is 5. The average Bonchev–Trinajstić information content (AvgIpc) is 3.30. The zero-order chi connectivity index (χ0) is 17.2. The molecule has 2 aliphatic heterocycles. The molecule has 0 unspecified atom stereocenters. The molecule has 1 N–H and O–H groups in total. The number of benzene rings is 1. The van der Waals surface area contributed by atoms with Crippen molar-refractivity contribution in [2.75, 3.05) is 26.2 Å². The van der Waals surface area contributed by atoms with E-state index in [2.05, 4.69) is 15.4 Å². The van der Waals surface area contributed by atoms with Crippen LogP contribution >= 0.6 is 0 Å². The summed E-state index contributed by atoms with van der Waals surface area (Å²) in [5, 5.41) is 7.13. The van der Waals surface area contributed by atoms with E-state index in [0.717, 1.165) is 37.7 Å². The van der Waals surface area contributed by atoms with Gasteiger partial charge in [0.2, 0.25) is 0 Å². The quantitative estimate of drug-likeness (QED) is 0.899. The van der Waals surface area contributed by atoms with Gasteiger partial charge < -0.3 is 14.6 Å². The smallest absolute Gasteiger partial charge is 0.251 e. The molecule has 3 heterocycles. The zero-order valence-corrected chi connectivity index (χ0v) is 14.4. The number of likely N-dealkylation sites (tertiary alicyclic amines) is 1. The second-order valence-corrected chi connectivity index (χ2v) is 6.99. The van der Waals surface area contributed by atoms with Crippen LogP contribution in [-0.2, 0) is 11.3 Å². The van der Waals surface area contributed by atoms with E-state index in [1.165, 1.54) is 0 Å². The lowest BCUT2D eigenvalue weighted by atomic mass is 9.93. The van der Waals surface area contributed by atoms with Gasteiger partial charge in [-0.25, -0.2) is 0 Å². The van der Waals surface area contributed by atoms with Gasteiger partial charge >= 0.3 is 0 Å². The molecule has 1 amide bonds. The number of rotatable bonds is 5. The Bertz CT molecular complexity index is 731. The van der Waals surface area contributed by atoms with Gasteiger partial charge in [-0.3, -0.25) is 9.69 Å². The van der Waals surface area contributed by atoms with Crippen molar-refractivity contribution in [1.82, 2.24) is 15.4 Å². The predicted octanol–water partition coefficient (Wildman–Crippen LogP) is 1.86. The van der Waals surface area contributed by atoms with E-state index < -0.39 is 0 Å². The molecule has 1 aromatic carbocycles. The molecule has 25 heavy (non-hydrogen) atoms. The van der Waals surface area contributed by atoms with E-state index in [0.29, 0.717) is 23.9 Å². The number of carbonyl (C=O) groups is 1. The lowest BCUT2D eigenvalue weighted by molar-refractivity contribution is 0.0901. The standard InChI is InChI=1S/C19H23N3O3/c1-13-7-16(21-25-13)9-22-10-17-15(12-24-18(17)11-22)8-20-19(23)14-5-3-2-4-6-14/h2-7,15,17-18H,8-12H2,1H3,(H,20,23)/t15-,17-,18-/m0/s1. The highest BCUT2D eigenvalue weighted by Crippen LogP contribution is 2.34. The lowest BCUT2D eigenvalue weighted by Gasteiger charge is -2.19. The number of aromatic nitrogens is 1. The molecule has 0 bridgehead atoms. The molecule has 2 saturated heterocycles. The highest BCUT2D eigenvalue weighted by atomic mass is 16.5. The van der Waals surface area contributed by atoms with Gasteiger partial charge in [-0.2, -0.15) is 0 Å². The molecule has 2 aromatic rings. The molecular formula is C19H23N3O3. The van der Waals surface area contributed by atoms with Crippen LogP contribution in [0.5, 0.6) is 0 Å². The second-order valence-electron chi connectivity index (χ2n) is 6.99. The molecule has 4 rings (SSSR count). The van der Waals surface area contributed by atoms with E-state index >= 15 is 0 Å². The maximum Gasteiger partial charge on any atom is 0.251 e. The number of amides is 1. The van der Waals surface area contributed by atoms with Gasteiger partial charge in [-0.05, 0) is 19.1 Å². The van der Waals surface area contributed by atoms with E-state index in [9.17, 15) is 4.79 Å².